The fourth-order valence-electron chi connectivity index (χ4n) is 3.69. The molecule has 3 unspecified atom stereocenters. The van der Waals surface area contributed by atoms with Crippen molar-refractivity contribution in [1.82, 2.24) is 10.6 Å². The lowest BCUT2D eigenvalue weighted by molar-refractivity contribution is 0.306. The Balaban J connectivity index is 0.00000243. The number of halogens is 1. The van der Waals surface area contributed by atoms with Crippen LogP contribution in [0.5, 0.6) is 0 Å². The van der Waals surface area contributed by atoms with Crippen LogP contribution in [0.2, 0.25) is 0 Å². The summed E-state index contributed by atoms with van der Waals surface area (Å²) >= 11 is 0. The van der Waals surface area contributed by atoms with Crippen LogP contribution in [0.1, 0.15) is 44.8 Å². The number of aliphatic imine (C=N–C) groups is 1. The number of furan rings is 1. The monoisotopic (exact) mass is 495 g/mol. The van der Waals surface area contributed by atoms with Crippen molar-refractivity contribution in [2.45, 2.75) is 51.6 Å². The Morgan fingerprint density at radius 1 is 1.31 bits per heavy atom. The summed E-state index contributed by atoms with van der Waals surface area (Å²) in [4.78, 5) is 4.64. The lowest BCUT2D eigenvalue weighted by Gasteiger charge is -2.31. The second kappa shape index (κ2) is 9.96. The van der Waals surface area contributed by atoms with Gasteiger partial charge in [-0.2, -0.15) is 0 Å². The van der Waals surface area contributed by atoms with E-state index in [4.69, 9.17) is 4.42 Å². The van der Waals surface area contributed by atoms with Crippen LogP contribution in [0.15, 0.2) is 27.8 Å². The normalized spacial score (nSPS) is 28.3. The van der Waals surface area contributed by atoms with Gasteiger partial charge < -0.3 is 15.1 Å². The van der Waals surface area contributed by atoms with Crippen molar-refractivity contribution < 1.29 is 12.8 Å². The summed E-state index contributed by atoms with van der Waals surface area (Å²) in [6.45, 7) is 3.40. The molecular formula is C18H30IN3O3S. The van der Waals surface area contributed by atoms with Gasteiger partial charge in [-0.05, 0) is 43.2 Å². The summed E-state index contributed by atoms with van der Waals surface area (Å²) in [5.41, 5.74) is 0. The van der Waals surface area contributed by atoms with Crippen LogP contribution in [-0.4, -0.2) is 38.5 Å². The molecule has 1 aromatic rings. The van der Waals surface area contributed by atoms with Gasteiger partial charge in [0.2, 0.25) is 0 Å². The summed E-state index contributed by atoms with van der Waals surface area (Å²) in [6, 6.07) is 4.19. The Morgan fingerprint density at radius 2 is 2.12 bits per heavy atom. The SMILES string of the molecule is CC1CCCCC1NC(=NCc1ccco1)NCC1CCS(=O)(=O)C1.I. The van der Waals surface area contributed by atoms with Crippen LogP contribution in [0.4, 0.5) is 0 Å². The average molecular weight is 495 g/mol. The Labute approximate surface area is 173 Å². The zero-order valence-electron chi connectivity index (χ0n) is 15.3. The topological polar surface area (TPSA) is 83.7 Å². The molecule has 1 aromatic heterocycles. The summed E-state index contributed by atoms with van der Waals surface area (Å²) in [6.07, 6.45) is 7.32. The van der Waals surface area contributed by atoms with E-state index in [1.807, 2.05) is 12.1 Å². The zero-order valence-corrected chi connectivity index (χ0v) is 18.5. The summed E-state index contributed by atoms with van der Waals surface area (Å²) in [5, 5.41) is 6.92. The van der Waals surface area contributed by atoms with Crippen LogP contribution >= 0.6 is 24.0 Å². The molecule has 2 heterocycles. The maximum Gasteiger partial charge on any atom is 0.191 e. The first-order valence-corrected chi connectivity index (χ1v) is 11.1. The smallest absolute Gasteiger partial charge is 0.191 e. The number of hydrogen-bond donors (Lipinski definition) is 2. The molecule has 1 aliphatic heterocycles. The van der Waals surface area contributed by atoms with Crippen molar-refractivity contribution in [3.63, 3.8) is 0 Å². The lowest BCUT2D eigenvalue weighted by atomic mass is 9.86. The molecule has 26 heavy (non-hydrogen) atoms. The molecule has 1 saturated heterocycles. The molecule has 148 valence electrons. The van der Waals surface area contributed by atoms with E-state index in [2.05, 4.69) is 22.5 Å². The Morgan fingerprint density at radius 3 is 2.77 bits per heavy atom. The second-order valence-corrected chi connectivity index (χ2v) is 9.64. The standard InChI is InChI=1S/C18H29N3O3S.HI/c1-14-5-2-3-7-17(14)21-18(20-12-16-6-4-9-24-16)19-11-15-8-10-25(22,23)13-15;/h4,6,9,14-15,17H,2-3,5,7-8,10-13H2,1H3,(H2,19,20,21);1H. The predicted octanol–water partition coefficient (Wildman–Crippen LogP) is 2.95. The van der Waals surface area contributed by atoms with E-state index < -0.39 is 9.84 Å². The van der Waals surface area contributed by atoms with E-state index >= 15 is 0 Å². The minimum atomic E-state index is -2.84. The molecule has 0 amide bonds. The van der Waals surface area contributed by atoms with Gasteiger partial charge in [0, 0.05) is 12.6 Å². The summed E-state index contributed by atoms with van der Waals surface area (Å²) < 4.78 is 28.6. The number of nitrogens with zero attached hydrogens (tertiary/aromatic N) is 1. The molecule has 0 bridgehead atoms. The molecule has 0 aromatic carbocycles. The van der Waals surface area contributed by atoms with Gasteiger partial charge in [0.15, 0.2) is 15.8 Å². The molecule has 1 aliphatic carbocycles. The van der Waals surface area contributed by atoms with Gasteiger partial charge >= 0.3 is 0 Å². The van der Waals surface area contributed by atoms with E-state index in [1.165, 1.54) is 19.3 Å². The van der Waals surface area contributed by atoms with E-state index in [0.717, 1.165) is 24.6 Å². The number of sulfone groups is 1. The highest BCUT2D eigenvalue weighted by Crippen LogP contribution is 2.23. The third kappa shape index (κ3) is 6.44. The third-order valence-corrected chi connectivity index (χ3v) is 7.13. The first kappa shape index (κ1) is 21.5. The Bertz CT molecular complexity index is 676. The van der Waals surface area contributed by atoms with Gasteiger partial charge in [0.1, 0.15) is 12.3 Å². The van der Waals surface area contributed by atoms with Crippen LogP contribution in [0.3, 0.4) is 0 Å². The van der Waals surface area contributed by atoms with Crippen molar-refractivity contribution in [2.24, 2.45) is 16.8 Å². The fraction of sp³-hybridized carbons (Fsp3) is 0.722. The molecule has 0 radical (unpaired) electrons. The minimum Gasteiger partial charge on any atom is -0.467 e. The van der Waals surface area contributed by atoms with Crippen molar-refractivity contribution in [3.8, 4) is 0 Å². The van der Waals surface area contributed by atoms with E-state index in [9.17, 15) is 8.42 Å². The number of guanidine groups is 1. The fourth-order valence-corrected chi connectivity index (χ4v) is 5.55. The van der Waals surface area contributed by atoms with Crippen LogP contribution < -0.4 is 10.6 Å². The molecule has 3 rings (SSSR count). The van der Waals surface area contributed by atoms with Gasteiger partial charge in [-0.3, -0.25) is 0 Å². The van der Waals surface area contributed by atoms with Gasteiger partial charge in [0.25, 0.3) is 0 Å². The Kier molecular flexibility index (Phi) is 8.25. The molecule has 0 spiro atoms. The molecule has 3 atom stereocenters. The van der Waals surface area contributed by atoms with E-state index in [-0.39, 0.29) is 35.6 Å². The van der Waals surface area contributed by atoms with E-state index in [0.29, 0.717) is 30.8 Å². The summed E-state index contributed by atoms with van der Waals surface area (Å²) in [5.74, 6) is 2.97. The number of nitrogens with one attached hydrogen (secondary N) is 2. The van der Waals surface area contributed by atoms with Gasteiger partial charge in [-0.15, -0.1) is 24.0 Å². The Hall–Kier alpha value is -0.770. The molecule has 2 fully saturated rings. The molecule has 2 aliphatic rings. The largest absolute Gasteiger partial charge is 0.467 e. The first-order valence-electron chi connectivity index (χ1n) is 9.29. The maximum absolute atomic E-state index is 11.6. The second-order valence-electron chi connectivity index (χ2n) is 7.41. The highest BCUT2D eigenvalue weighted by Gasteiger charge is 2.28. The number of rotatable bonds is 5. The lowest BCUT2D eigenvalue weighted by Crippen LogP contribution is -2.48. The molecule has 1 saturated carbocycles. The highest BCUT2D eigenvalue weighted by molar-refractivity contribution is 14.0. The van der Waals surface area contributed by atoms with Crippen molar-refractivity contribution in [2.75, 3.05) is 18.1 Å². The van der Waals surface area contributed by atoms with Crippen molar-refractivity contribution in [1.29, 1.82) is 0 Å². The van der Waals surface area contributed by atoms with Crippen molar-refractivity contribution >= 4 is 39.8 Å². The van der Waals surface area contributed by atoms with Crippen LogP contribution in [0.25, 0.3) is 0 Å². The van der Waals surface area contributed by atoms with Gasteiger partial charge in [0.05, 0.1) is 17.8 Å². The maximum atomic E-state index is 11.6. The molecule has 2 N–H and O–H groups in total. The zero-order chi connectivity index (χ0) is 17.7. The molecule has 8 heteroatoms. The van der Waals surface area contributed by atoms with E-state index in [1.54, 1.807) is 6.26 Å². The minimum absolute atomic E-state index is 0. The van der Waals surface area contributed by atoms with Gasteiger partial charge in [-0.1, -0.05) is 19.8 Å². The molecular weight excluding hydrogens is 465 g/mol. The summed E-state index contributed by atoms with van der Waals surface area (Å²) in [7, 11) is -2.84. The average Bonchev–Trinajstić information content (AvgIpc) is 3.21. The number of hydrogen-bond acceptors (Lipinski definition) is 4. The first-order chi connectivity index (χ1) is 12.0. The van der Waals surface area contributed by atoms with Crippen LogP contribution in [0, 0.1) is 11.8 Å². The van der Waals surface area contributed by atoms with Gasteiger partial charge in [-0.25, -0.2) is 13.4 Å². The quantitative estimate of drug-likeness (QED) is 0.373. The third-order valence-electron chi connectivity index (χ3n) is 5.29. The van der Waals surface area contributed by atoms with Crippen molar-refractivity contribution in [3.05, 3.63) is 24.2 Å². The molecule has 6 nitrogen and oxygen atoms in total. The predicted molar refractivity (Wildman–Crippen MR) is 115 cm³/mol. The van der Waals surface area contributed by atoms with Crippen LogP contribution in [-0.2, 0) is 16.4 Å². The highest BCUT2D eigenvalue weighted by atomic mass is 127.